The van der Waals surface area contributed by atoms with Crippen LogP contribution in [0.2, 0.25) is 0 Å². The lowest BCUT2D eigenvalue weighted by molar-refractivity contribution is -0.189. The molecule has 0 aliphatic rings. The fraction of sp³-hybridized carbons (Fsp3) is 0.160. The highest BCUT2D eigenvalue weighted by atomic mass is 32.2. The Bertz CT molecular complexity index is 1730. The zero-order chi connectivity index (χ0) is 30.2. The number of carbonyl (C=O) groups excluding carboxylic acids is 1. The van der Waals surface area contributed by atoms with Crippen LogP contribution < -0.4 is 10.4 Å². The van der Waals surface area contributed by atoms with E-state index in [4.69, 9.17) is 0 Å². The number of ether oxygens (including phenoxy) is 1. The van der Waals surface area contributed by atoms with Crippen LogP contribution >= 0.6 is 0 Å². The van der Waals surface area contributed by atoms with E-state index in [2.05, 4.69) is 9.72 Å². The van der Waals surface area contributed by atoms with E-state index in [1.165, 1.54) is 24.5 Å². The topological polar surface area (TPSA) is 120 Å². The molecule has 0 aliphatic heterocycles. The predicted octanol–water partition coefficient (Wildman–Crippen LogP) is 4.14. The Kier molecular flexibility index (Phi) is 7.71. The van der Waals surface area contributed by atoms with Crippen molar-refractivity contribution in [3.63, 3.8) is 0 Å². The number of sulfone groups is 1. The minimum atomic E-state index is -5.65. The highest BCUT2D eigenvalue weighted by Crippen LogP contribution is 2.31. The lowest BCUT2D eigenvalue weighted by atomic mass is 10.1. The first-order chi connectivity index (χ1) is 19.1. The monoisotopic (exact) mass is 601 g/mol. The third-order valence-corrected chi connectivity index (χ3v) is 7.26. The minimum Gasteiger partial charge on any atom is -0.493 e. The van der Waals surface area contributed by atoms with E-state index in [9.17, 15) is 49.5 Å². The summed E-state index contributed by atoms with van der Waals surface area (Å²) in [6.07, 6.45) is -2.45. The second kappa shape index (κ2) is 10.8. The number of alkyl halides is 6. The van der Waals surface area contributed by atoms with Crippen molar-refractivity contribution < 1.29 is 49.4 Å². The zero-order valence-corrected chi connectivity index (χ0v) is 21.2. The summed E-state index contributed by atoms with van der Waals surface area (Å²) in [7, 11) is -5.65. The van der Waals surface area contributed by atoms with Gasteiger partial charge < -0.3 is 9.84 Å². The van der Waals surface area contributed by atoms with Gasteiger partial charge in [-0.1, -0.05) is 12.1 Å². The van der Waals surface area contributed by atoms with E-state index >= 15 is 0 Å². The molecule has 1 N–H and O–H groups in total. The Labute approximate surface area is 226 Å². The van der Waals surface area contributed by atoms with Crippen LogP contribution in [-0.4, -0.2) is 45.3 Å². The first-order valence-corrected chi connectivity index (χ1v) is 12.8. The van der Waals surface area contributed by atoms with E-state index in [-0.39, 0.29) is 24.3 Å². The number of aromatic hydroxyl groups is 1. The molecule has 4 aromatic rings. The van der Waals surface area contributed by atoms with E-state index in [0.29, 0.717) is 23.3 Å². The number of hydrogen-bond acceptors (Lipinski definition) is 7. The molecule has 0 bridgehead atoms. The number of pyridine rings is 1. The van der Waals surface area contributed by atoms with Crippen molar-refractivity contribution in [2.45, 2.75) is 29.5 Å². The molecule has 0 radical (unpaired) electrons. The van der Waals surface area contributed by atoms with Gasteiger partial charge in [0.2, 0.25) is 5.88 Å². The van der Waals surface area contributed by atoms with Crippen LogP contribution in [0, 0.1) is 0 Å². The van der Waals surface area contributed by atoms with Crippen LogP contribution in [0.15, 0.2) is 82.7 Å². The number of benzene rings is 2. The predicted molar refractivity (Wildman–Crippen MR) is 129 cm³/mol. The summed E-state index contributed by atoms with van der Waals surface area (Å²) in [6.45, 7) is -0.0843. The second-order valence-electron chi connectivity index (χ2n) is 8.48. The summed E-state index contributed by atoms with van der Waals surface area (Å²) < 4.78 is 106. The van der Waals surface area contributed by atoms with Crippen LogP contribution in [0.1, 0.15) is 16.8 Å². The Hall–Kier alpha value is -4.60. The number of rotatable bonds is 7. The van der Waals surface area contributed by atoms with Gasteiger partial charge in [0.05, 0.1) is 22.8 Å². The average molecular weight is 601 g/mol. The Balaban J connectivity index is 1.73. The zero-order valence-electron chi connectivity index (χ0n) is 20.3. The van der Waals surface area contributed by atoms with Crippen molar-refractivity contribution in [1.29, 1.82) is 0 Å². The van der Waals surface area contributed by atoms with Gasteiger partial charge in [0.25, 0.3) is 9.84 Å². The molecule has 4 rings (SSSR count). The third-order valence-electron chi connectivity index (χ3n) is 5.75. The summed E-state index contributed by atoms with van der Waals surface area (Å²) in [5.41, 5.74) is -5.54. The number of nitrogens with zero attached hydrogens (tertiary/aromatic N) is 3. The van der Waals surface area contributed by atoms with Gasteiger partial charge in [-0.15, -0.1) is 0 Å². The molecule has 9 nitrogen and oxygen atoms in total. The van der Waals surface area contributed by atoms with Crippen LogP contribution in [0.4, 0.5) is 26.3 Å². The molecule has 2 aromatic carbocycles. The lowest BCUT2D eigenvalue weighted by Gasteiger charge is -2.10. The van der Waals surface area contributed by atoms with Gasteiger partial charge in [-0.05, 0) is 59.7 Å². The molecule has 0 unspecified atom stereocenters. The maximum atomic E-state index is 13.4. The lowest BCUT2D eigenvalue weighted by Crippen LogP contribution is -2.27. The molecule has 0 saturated carbocycles. The standard InChI is InChI=1S/C25H17F6N3O6S/c26-24(27,28)22(36)40-18-5-1-15(2-6-18)13-20-21(35)34(23(37)33(20)14-16-9-11-32-12-10-16)17-3-7-19(8-4-17)41(38,39)25(29,30)31/h1-12,35H,13-14H2. The van der Waals surface area contributed by atoms with Crippen LogP contribution in [0.5, 0.6) is 11.6 Å². The van der Waals surface area contributed by atoms with Crippen molar-refractivity contribution >= 4 is 15.8 Å². The fourth-order valence-corrected chi connectivity index (χ4v) is 4.52. The first kappa shape index (κ1) is 29.4. The molecule has 41 heavy (non-hydrogen) atoms. The van der Waals surface area contributed by atoms with Gasteiger partial charge in [-0.25, -0.2) is 22.6 Å². The molecule has 0 amide bonds. The second-order valence-corrected chi connectivity index (χ2v) is 10.4. The molecule has 2 heterocycles. The number of halogens is 6. The first-order valence-electron chi connectivity index (χ1n) is 11.3. The highest BCUT2D eigenvalue weighted by Gasteiger charge is 2.46. The molecule has 0 spiro atoms. The Morgan fingerprint density at radius 1 is 0.878 bits per heavy atom. The highest BCUT2D eigenvalue weighted by molar-refractivity contribution is 7.92. The molecular formula is C25H17F6N3O6S. The molecule has 16 heteroatoms. The average Bonchev–Trinajstić information content (AvgIpc) is 3.13. The number of aromatic nitrogens is 3. The van der Waals surface area contributed by atoms with Crippen molar-refractivity contribution in [3.05, 3.63) is 100 Å². The van der Waals surface area contributed by atoms with Crippen molar-refractivity contribution in [3.8, 4) is 17.3 Å². The largest absolute Gasteiger partial charge is 0.501 e. The molecule has 0 aliphatic carbocycles. The third kappa shape index (κ3) is 6.11. The van der Waals surface area contributed by atoms with E-state index in [1.54, 1.807) is 12.1 Å². The van der Waals surface area contributed by atoms with E-state index in [0.717, 1.165) is 33.4 Å². The normalized spacial score (nSPS) is 12.3. The van der Waals surface area contributed by atoms with E-state index in [1.807, 2.05) is 0 Å². The smallest absolute Gasteiger partial charge is 0.493 e. The number of hydrogen-bond donors (Lipinski definition) is 1. The Morgan fingerprint density at radius 3 is 2.00 bits per heavy atom. The van der Waals surface area contributed by atoms with E-state index < -0.39 is 49.7 Å². The molecule has 0 saturated heterocycles. The van der Waals surface area contributed by atoms with Gasteiger partial charge in [0, 0.05) is 18.8 Å². The van der Waals surface area contributed by atoms with Gasteiger partial charge in [0.1, 0.15) is 5.75 Å². The van der Waals surface area contributed by atoms with Crippen LogP contribution in [0.3, 0.4) is 0 Å². The maximum absolute atomic E-state index is 13.4. The molecular weight excluding hydrogens is 584 g/mol. The summed E-state index contributed by atoms with van der Waals surface area (Å²) in [6, 6.07) is 11.1. The summed E-state index contributed by atoms with van der Waals surface area (Å²) in [5.74, 6) is -3.44. The fourth-order valence-electron chi connectivity index (χ4n) is 3.76. The quantitative estimate of drug-likeness (QED) is 0.192. The van der Waals surface area contributed by atoms with Gasteiger partial charge in [0.15, 0.2) is 0 Å². The van der Waals surface area contributed by atoms with Gasteiger partial charge in [-0.2, -0.15) is 26.3 Å². The molecule has 216 valence electrons. The van der Waals surface area contributed by atoms with Gasteiger partial charge >= 0.3 is 23.3 Å². The summed E-state index contributed by atoms with van der Waals surface area (Å²) >= 11 is 0. The van der Waals surface area contributed by atoms with Crippen LogP contribution in [-0.2, 0) is 27.6 Å². The Morgan fingerprint density at radius 2 is 1.46 bits per heavy atom. The van der Waals surface area contributed by atoms with Crippen molar-refractivity contribution in [1.82, 2.24) is 14.1 Å². The minimum absolute atomic E-state index is 0.0128. The maximum Gasteiger partial charge on any atom is 0.501 e. The molecule has 0 fully saturated rings. The van der Waals surface area contributed by atoms with Crippen molar-refractivity contribution in [2.75, 3.05) is 0 Å². The van der Waals surface area contributed by atoms with Crippen molar-refractivity contribution in [2.24, 2.45) is 0 Å². The number of imidazole rings is 1. The number of esters is 1. The summed E-state index contributed by atoms with van der Waals surface area (Å²) in [4.78, 5) is 27.3. The van der Waals surface area contributed by atoms with Crippen LogP contribution in [0.25, 0.3) is 5.69 Å². The SMILES string of the molecule is O=C(Oc1ccc(Cc2c(O)n(-c3ccc(S(=O)(=O)C(F)(F)F)cc3)c(=O)n2Cc2ccncc2)cc1)C(F)(F)F. The van der Waals surface area contributed by atoms with Gasteiger partial charge in [-0.3, -0.25) is 9.55 Å². The molecule has 2 aromatic heterocycles. The summed E-state index contributed by atoms with van der Waals surface area (Å²) in [5, 5.41) is 11.0. The molecule has 0 atom stereocenters. The number of carbonyl (C=O) groups is 1.